The molecule has 0 atom stereocenters. The van der Waals surface area contributed by atoms with Gasteiger partial charge in [-0.2, -0.15) is 23.7 Å². The molecule has 3 rings (SSSR count). The molecular formula is C17H14F2N4OS2. The number of ether oxygens (including phenoxy) is 1. The SMILES string of the molecule is CSc1ccc(C=Nn2c(-c3ccc(OC(F)F)cc3)n[nH]c2=S)cc1. The molecule has 0 amide bonds. The Balaban J connectivity index is 1.86. The number of thioether (sulfide) groups is 1. The predicted octanol–water partition coefficient (Wildman–Crippen LogP) is 4.81. The first-order valence-electron chi connectivity index (χ1n) is 7.48. The topological polar surface area (TPSA) is 55.2 Å². The zero-order valence-corrected chi connectivity index (χ0v) is 15.2. The molecule has 0 radical (unpaired) electrons. The van der Waals surface area contributed by atoms with E-state index in [1.54, 1.807) is 30.1 Å². The number of rotatable bonds is 6. The largest absolute Gasteiger partial charge is 0.435 e. The summed E-state index contributed by atoms with van der Waals surface area (Å²) in [7, 11) is 0. The van der Waals surface area contributed by atoms with Gasteiger partial charge >= 0.3 is 6.61 Å². The van der Waals surface area contributed by atoms with Gasteiger partial charge < -0.3 is 4.74 Å². The maximum Gasteiger partial charge on any atom is 0.387 e. The first kappa shape index (κ1) is 18.3. The highest BCUT2D eigenvalue weighted by Gasteiger charge is 2.09. The number of hydrogen-bond acceptors (Lipinski definition) is 5. The van der Waals surface area contributed by atoms with Crippen molar-refractivity contribution in [3.05, 3.63) is 58.9 Å². The van der Waals surface area contributed by atoms with Crippen LogP contribution in [0.1, 0.15) is 5.56 Å². The molecule has 0 saturated heterocycles. The van der Waals surface area contributed by atoms with Crippen LogP contribution in [0, 0.1) is 4.77 Å². The van der Waals surface area contributed by atoms with Crippen LogP contribution in [0.4, 0.5) is 8.78 Å². The molecule has 0 aliphatic heterocycles. The molecule has 9 heteroatoms. The van der Waals surface area contributed by atoms with Gasteiger partial charge in [-0.25, -0.2) is 5.10 Å². The van der Waals surface area contributed by atoms with Gasteiger partial charge in [0.05, 0.1) is 6.21 Å². The fourth-order valence-electron chi connectivity index (χ4n) is 2.19. The van der Waals surface area contributed by atoms with Crippen LogP contribution in [-0.4, -0.2) is 34.0 Å². The van der Waals surface area contributed by atoms with Crippen LogP contribution in [0.25, 0.3) is 11.4 Å². The summed E-state index contributed by atoms with van der Waals surface area (Å²) in [5.74, 6) is 0.539. The van der Waals surface area contributed by atoms with Gasteiger partial charge in [-0.05, 0) is 60.4 Å². The molecule has 26 heavy (non-hydrogen) atoms. The monoisotopic (exact) mass is 392 g/mol. The average Bonchev–Trinajstić information content (AvgIpc) is 3.01. The number of alkyl halides is 2. The first-order chi connectivity index (χ1) is 12.6. The molecule has 5 nitrogen and oxygen atoms in total. The van der Waals surface area contributed by atoms with Crippen LogP contribution < -0.4 is 4.74 Å². The molecule has 0 bridgehead atoms. The Morgan fingerprint density at radius 2 is 1.88 bits per heavy atom. The van der Waals surface area contributed by atoms with Crippen molar-refractivity contribution in [2.45, 2.75) is 11.5 Å². The van der Waals surface area contributed by atoms with Crippen LogP contribution in [0.3, 0.4) is 0 Å². The number of benzene rings is 2. The lowest BCUT2D eigenvalue weighted by Crippen LogP contribution is -2.01. The van der Waals surface area contributed by atoms with Crippen LogP contribution in [0.15, 0.2) is 58.5 Å². The summed E-state index contributed by atoms with van der Waals surface area (Å²) in [6.45, 7) is -2.86. The third-order valence-electron chi connectivity index (χ3n) is 3.43. The molecular weight excluding hydrogens is 378 g/mol. The third-order valence-corrected chi connectivity index (χ3v) is 4.43. The summed E-state index contributed by atoms with van der Waals surface area (Å²) in [6.07, 6.45) is 3.69. The zero-order valence-electron chi connectivity index (χ0n) is 13.6. The number of hydrogen-bond donors (Lipinski definition) is 1. The third kappa shape index (κ3) is 4.36. The molecule has 0 unspecified atom stereocenters. The van der Waals surface area contributed by atoms with E-state index in [1.807, 2.05) is 30.5 Å². The first-order valence-corrected chi connectivity index (χ1v) is 9.11. The normalized spacial score (nSPS) is 11.4. The molecule has 1 aromatic heterocycles. The van der Waals surface area contributed by atoms with E-state index in [2.05, 4.69) is 20.0 Å². The Kier molecular flexibility index (Phi) is 5.79. The minimum atomic E-state index is -2.86. The van der Waals surface area contributed by atoms with Crippen molar-refractivity contribution in [2.24, 2.45) is 5.10 Å². The minimum absolute atomic E-state index is 0.0711. The van der Waals surface area contributed by atoms with E-state index in [0.717, 1.165) is 10.5 Å². The van der Waals surface area contributed by atoms with E-state index in [-0.39, 0.29) is 5.75 Å². The van der Waals surface area contributed by atoms with Crippen LogP contribution in [-0.2, 0) is 0 Å². The van der Waals surface area contributed by atoms with Gasteiger partial charge in [-0.15, -0.1) is 11.8 Å². The second kappa shape index (κ2) is 8.24. The summed E-state index contributed by atoms with van der Waals surface area (Å²) in [4.78, 5) is 1.16. The van der Waals surface area contributed by atoms with E-state index in [0.29, 0.717) is 16.2 Å². The number of aromatic nitrogens is 3. The molecule has 0 saturated carbocycles. The number of nitrogens with zero attached hydrogens (tertiary/aromatic N) is 3. The molecule has 1 N–H and O–H groups in total. The molecule has 0 aliphatic carbocycles. The number of nitrogens with one attached hydrogen (secondary N) is 1. The van der Waals surface area contributed by atoms with Gasteiger partial charge in [0.2, 0.25) is 4.77 Å². The molecule has 1 heterocycles. The molecule has 0 spiro atoms. The highest BCUT2D eigenvalue weighted by Crippen LogP contribution is 2.22. The lowest BCUT2D eigenvalue weighted by Gasteiger charge is -2.05. The summed E-state index contributed by atoms with van der Waals surface area (Å²) in [5.41, 5.74) is 1.58. The Morgan fingerprint density at radius 3 is 2.50 bits per heavy atom. The predicted molar refractivity (Wildman–Crippen MR) is 101 cm³/mol. The highest BCUT2D eigenvalue weighted by atomic mass is 32.2. The second-order valence-corrected chi connectivity index (χ2v) is 6.35. The minimum Gasteiger partial charge on any atom is -0.435 e. The smallest absolute Gasteiger partial charge is 0.387 e. The van der Waals surface area contributed by atoms with Crippen molar-refractivity contribution in [3.8, 4) is 17.1 Å². The van der Waals surface area contributed by atoms with Crippen LogP contribution in [0.5, 0.6) is 5.75 Å². The van der Waals surface area contributed by atoms with Crippen molar-refractivity contribution in [3.63, 3.8) is 0 Å². The van der Waals surface area contributed by atoms with Crippen LogP contribution in [0.2, 0.25) is 0 Å². The molecule has 2 aromatic carbocycles. The average molecular weight is 392 g/mol. The van der Waals surface area contributed by atoms with E-state index in [1.165, 1.54) is 16.8 Å². The van der Waals surface area contributed by atoms with Gasteiger partial charge in [0.15, 0.2) is 5.82 Å². The zero-order chi connectivity index (χ0) is 18.5. The number of aromatic amines is 1. The summed E-state index contributed by atoms with van der Waals surface area (Å²) in [6, 6.07) is 14.0. The van der Waals surface area contributed by atoms with E-state index in [9.17, 15) is 8.78 Å². The maximum absolute atomic E-state index is 12.2. The molecule has 134 valence electrons. The molecule has 0 fully saturated rings. The Bertz CT molecular complexity index is 950. The lowest BCUT2D eigenvalue weighted by molar-refractivity contribution is -0.0498. The highest BCUT2D eigenvalue weighted by molar-refractivity contribution is 7.98. The van der Waals surface area contributed by atoms with Crippen molar-refractivity contribution in [1.29, 1.82) is 0 Å². The van der Waals surface area contributed by atoms with Crippen molar-refractivity contribution >= 4 is 30.2 Å². The Morgan fingerprint density at radius 1 is 1.19 bits per heavy atom. The van der Waals surface area contributed by atoms with Crippen molar-refractivity contribution in [1.82, 2.24) is 14.9 Å². The van der Waals surface area contributed by atoms with E-state index in [4.69, 9.17) is 12.2 Å². The van der Waals surface area contributed by atoms with Gasteiger partial charge in [0.25, 0.3) is 0 Å². The number of halogens is 2. The quantitative estimate of drug-likeness (QED) is 0.371. The van der Waals surface area contributed by atoms with E-state index < -0.39 is 6.61 Å². The number of H-pyrrole nitrogens is 1. The fourth-order valence-corrected chi connectivity index (χ4v) is 2.77. The lowest BCUT2D eigenvalue weighted by atomic mass is 10.2. The Labute approximate surface area is 157 Å². The van der Waals surface area contributed by atoms with Gasteiger partial charge in [-0.1, -0.05) is 12.1 Å². The van der Waals surface area contributed by atoms with Gasteiger partial charge in [-0.3, -0.25) is 0 Å². The Hall–Kier alpha value is -2.52. The summed E-state index contributed by atoms with van der Waals surface area (Å²) in [5, 5.41) is 11.2. The summed E-state index contributed by atoms with van der Waals surface area (Å²) < 4.78 is 30.6. The molecule has 3 aromatic rings. The molecule has 0 aliphatic rings. The fraction of sp³-hybridized carbons (Fsp3) is 0.118. The van der Waals surface area contributed by atoms with Crippen LogP contribution >= 0.6 is 24.0 Å². The van der Waals surface area contributed by atoms with Crippen molar-refractivity contribution in [2.75, 3.05) is 6.26 Å². The standard InChI is InChI=1S/C17H14F2N4OS2/c1-26-14-8-2-11(3-9-14)10-20-23-15(21-22-17(23)25)12-4-6-13(7-5-12)24-16(18)19/h2-10,16H,1H3,(H,22,25). The van der Waals surface area contributed by atoms with Gasteiger partial charge in [0, 0.05) is 10.5 Å². The maximum atomic E-state index is 12.2. The summed E-state index contributed by atoms with van der Waals surface area (Å²) >= 11 is 6.88. The van der Waals surface area contributed by atoms with E-state index >= 15 is 0 Å². The van der Waals surface area contributed by atoms with Gasteiger partial charge in [0.1, 0.15) is 5.75 Å². The second-order valence-electron chi connectivity index (χ2n) is 5.08. The van der Waals surface area contributed by atoms with Crippen molar-refractivity contribution < 1.29 is 13.5 Å².